The largest absolute Gasteiger partial charge is 0.289 e. The maximum atomic E-state index is 12.5. The summed E-state index contributed by atoms with van der Waals surface area (Å²) in [5, 5.41) is 12.9. The van der Waals surface area contributed by atoms with E-state index < -0.39 is 0 Å². The van der Waals surface area contributed by atoms with Gasteiger partial charge in [-0.25, -0.2) is 0 Å². The number of amides is 1. The fraction of sp³-hybridized carbons (Fsp3) is 0. The van der Waals surface area contributed by atoms with E-state index in [2.05, 4.69) is 11.1 Å². The van der Waals surface area contributed by atoms with Gasteiger partial charge >= 0.3 is 0 Å². The van der Waals surface area contributed by atoms with Crippen LogP contribution in [0.15, 0.2) is 82.5 Å². The number of aromatic nitrogens is 1. The molecule has 0 radical (unpaired) electrons. The molecule has 0 unspecified atom stereocenters. The van der Waals surface area contributed by atoms with Gasteiger partial charge in [-0.05, 0) is 41.3 Å². The molecule has 27 heavy (non-hydrogen) atoms. The molecule has 0 saturated carbocycles. The van der Waals surface area contributed by atoms with Gasteiger partial charge in [-0.1, -0.05) is 36.4 Å². The minimum atomic E-state index is -0.247. The maximum absolute atomic E-state index is 12.5. The van der Waals surface area contributed by atoms with E-state index >= 15 is 0 Å². The van der Waals surface area contributed by atoms with Crippen molar-refractivity contribution >= 4 is 28.6 Å². The third-order valence-electron chi connectivity index (χ3n) is 3.96. The van der Waals surface area contributed by atoms with Crippen LogP contribution in [0.2, 0.25) is 0 Å². The molecule has 2 aromatic heterocycles. The van der Waals surface area contributed by atoms with E-state index in [0.717, 1.165) is 16.9 Å². The molecule has 0 spiro atoms. The molecule has 0 aliphatic carbocycles. The Morgan fingerprint density at radius 2 is 1.74 bits per heavy atom. The summed E-state index contributed by atoms with van der Waals surface area (Å²) in [6.07, 6.45) is 0. The van der Waals surface area contributed by atoms with Crippen LogP contribution >= 0.6 is 22.7 Å². The molecule has 4 aromatic rings. The normalized spacial score (nSPS) is 11.3. The first-order valence-corrected chi connectivity index (χ1v) is 9.91. The highest BCUT2D eigenvalue weighted by molar-refractivity contribution is 7.12. The van der Waals surface area contributed by atoms with Crippen LogP contribution in [-0.4, -0.2) is 10.5 Å². The molecule has 0 N–H and O–H groups in total. The van der Waals surface area contributed by atoms with E-state index in [-0.39, 0.29) is 5.91 Å². The number of carbonyl (C=O) groups excluding carboxylic acids is 1. The highest BCUT2D eigenvalue weighted by Crippen LogP contribution is 2.24. The van der Waals surface area contributed by atoms with E-state index in [0.29, 0.717) is 15.2 Å². The Morgan fingerprint density at radius 1 is 0.963 bits per heavy atom. The summed E-state index contributed by atoms with van der Waals surface area (Å²) >= 11 is 2.80. The number of rotatable bonds is 3. The third-order valence-corrected chi connectivity index (χ3v) is 5.65. The lowest BCUT2D eigenvalue weighted by Gasteiger charge is -2.09. The standard InChI is InChI=1S/C21H13N3OS2/c22-13-15-8-10-16(11-9-15)18-14-27-21(23-20(25)19-7-4-12-26-19)24(18)17-5-2-1-3-6-17/h1-12,14H. The van der Waals surface area contributed by atoms with Gasteiger partial charge in [0.2, 0.25) is 0 Å². The molecule has 0 aliphatic heterocycles. The number of hydrogen-bond donors (Lipinski definition) is 0. The average Bonchev–Trinajstić information content (AvgIpc) is 3.39. The monoisotopic (exact) mass is 387 g/mol. The highest BCUT2D eigenvalue weighted by atomic mass is 32.1. The predicted octanol–water partition coefficient (Wildman–Crippen LogP) is 4.88. The quantitative estimate of drug-likeness (QED) is 0.503. The van der Waals surface area contributed by atoms with Crippen molar-refractivity contribution in [2.45, 2.75) is 0 Å². The Morgan fingerprint density at radius 3 is 2.41 bits per heavy atom. The van der Waals surface area contributed by atoms with Gasteiger partial charge < -0.3 is 0 Å². The molecule has 1 amide bonds. The molecule has 2 heterocycles. The van der Waals surface area contributed by atoms with E-state index in [1.165, 1.54) is 22.7 Å². The summed E-state index contributed by atoms with van der Waals surface area (Å²) in [5.41, 5.74) is 3.42. The number of benzene rings is 2. The van der Waals surface area contributed by atoms with E-state index in [9.17, 15) is 4.79 Å². The molecule has 4 nitrogen and oxygen atoms in total. The SMILES string of the molecule is N#Cc1ccc(-c2csc(=NC(=O)c3cccs3)n2-c2ccccc2)cc1. The van der Waals surface area contributed by atoms with Crippen molar-refractivity contribution in [2.24, 2.45) is 4.99 Å². The van der Waals surface area contributed by atoms with Gasteiger partial charge in [0.1, 0.15) is 0 Å². The van der Waals surface area contributed by atoms with E-state index in [1.807, 2.05) is 63.9 Å². The molecular formula is C21H13N3OS2. The molecule has 130 valence electrons. The van der Waals surface area contributed by atoms with Crippen LogP contribution in [0.25, 0.3) is 16.9 Å². The van der Waals surface area contributed by atoms with E-state index in [1.54, 1.807) is 18.2 Å². The van der Waals surface area contributed by atoms with Crippen molar-refractivity contribution in [3.05, 3.63) is 92.7 Å². The van der Waals surface area contributed by atoms with Crippen LogP contribution in [0.5, 0.6) is 0 Å². The lowest BCUT2D eigenvalue weighted by molar-refractivity contribution is 0.100. The van der Waals surface area contributed by atoms with Crippen molar-refractivity contribution in [3.8, 4) is 23.0 Å². The van der Waals surface area contributed by atoms with Gasteiger partial charge in [0.25, 0.3) is 5.91 Å². The van der Waals surface area contributed by atoms with Crippen LogP contribution in [-0.2, 0) is 0 Å². The first-order valence-electron chi connectivity index (χ1n) is 8.15. The molecule has 0 saturated heterocycles. The highest BCUT2D eigenvalue weighted by Gasteiger charge is 2.12. The van der Waals surface area contributed by atoms with Crippen molar-refractivity contribution in [2.75, 3.05) is 0 Å². The van der Waals surface area contributed by atoms with Gasteiger partial charge in [-0.2, -0.15) is 10.3 Å². The average molecular weight is 387 g/mol. The Kier molecular flexibility index (Phi) is 4.79. The zero-order valence-corrected chi connectivity index (χ0v) is 15.7. The van der Waals surface area contributed by atoms with Crippen LogP contribution in [0, 0.1) is 11.3 Å². The second-order valence-electron chi connectivity index (χ2n) is 5.66. The summed E-state index contributed by atoms with van der Waals surface area (Å²) < 4.78 is 1.97. The first-order chi connectivity index (χ1) is 13.3. The number of thiazole rings is 1. The Hall–Kier alpha value is -3.27. The predicted molar refractivity (Wildman–Crippen MR) is 108 cm³/mol. The fourth-order valence-electron chi connectivity index (χ4n) is 2.67. The van der Waals surface area contributed by atoms with Crippen molar-refractivity contribution in [1.82, 2.24) is 4.57 Å². The second-order valence-corrected chi connectivity index (χ2v) is 7.44. The van der Waals surface area contributed by atoms with Gasteiger partial charge in [-0.3, -0.25) is 9.36 Å². The molecule has 2 aromatic carbocycles. The van der Waals surface area contributed by atoms with Crippen LogP contribution in [0.1, 0.15) is 15.2 Å². The molecule has 0 atom stereocenters. The number of hydrogen-bond acceptors (Lipinski definition) is 4. The van der Waals surface area contributed by atoms with Gasteiger partial charge in [0.15, 0.2) is 4.80 Å². The van der Waals surface area contributed by atoms with Crippen LogP contribution in [0.4, 0.5) is 0 Å². The molecule has 0 aliphatic rings. The number of thiophene rings is 1. The molecular weight excluding hydrogens is 374 g/mol. The zero-order valence-electron chi connectivity index (χ0n) is 14.1. The Bertz CT molecular complexity index is 1180. The van der Waals surface area contributed by atoms with E-state index in [4.69, 9.17) is 5.26 Å². The lowest BCUT2D eigenvalue weighted by atomic mass is 10.1. The van der Waals surface area contributed by atoms with Gasteiger partial charge in [0.05, 0.1) is 22.2 Å². The molecule has 4 rings (SSSR count). The number of nitrogens with zero attached hydrogens (tertiary/aromatic N) is 3. The number of carbonyl (C=O) groups is 1. The van der Waals surface area contributed by atoms with Gasteiger partial charge in [0, 0.05) is 11.1 Å². The zero-order chi connectivity index (χ0) is 18.6. The fourth-order valence-corrected chi connectivity index (χ4v) is 4.19. The Labute approximate surface area is 163 Å². The third kappa shape index (κ3) is 3.51. The second kappa shape index (κ2) is 7.54. The molecule has 0 fully saturated rings. The van der Waals surface area contributed by atoms with Gasteiger partial charge in [-0.15, -0.1) is 22.7 Å². The molecule has 6 heteroatoms. The summed E-state index contributed by atoms with van der Waals surface area (Å²) in [7, 11) is 0. The summed E-state index contributed by atoms with van der Waals surface area (Å²) in [5.74, 6) is -0.247. The summed E-state index contributed by atoms with van der Waals surface area (Å²) in [6.45, 7) is 0. The first kappa shape index (κ1) is 17.2. The topological polar surface area (TPSA) is 58.1 Å². The molecule has 0 bridgehead atoms. The van der Waals surface area contributed by atoms with Crippen LogP contribution < -0.4 is 4.80 Å². The Balaban J connectivity index is 1.89. The van der Waals surface area contributed by atoms with Crippen molar-refractivity contribution in [1.29, 1.82) is 5.26 Å². The minimum Gasteiger partial charge on any atom is -0.285 e. The number of para-hydroxylation sites is 1. The van der Waals surface area contributed by atoms with Crippen LogP contribution in [0.3, 0.4) is 0 Å². The number of nitriles is 1. The smallest absolute Gasteiger partial charge is 0.285 e. The summed E-state index contributed by atoms with van der Waals surface area (Å²) in [4.78, 5) is 18.1. The lowest BCUT2D eigenvalue weighted by Crippen LogP contribution is -2.16. The maximum Gasteiger partial charge on any atom is 0.289 e. The summed E-state index contributed by atoms with van der Waals surface area (Å²) in [6, 6.07) is 23.0. The minimum absolute atomic E-state index is 0.247. The van der Waals surface area contributed by atoms with Crippen molar-refractivity contribution < 1.29 is 4.79 Å². The van der Waals surface area contributed by atoms with Crippen molar-refractivity contribution in [3.63, 3.8) is 0 Å².